The summed E-state index contributed by atoms with van der Waals surface area (Å²) in [5.41, 5.74) is 7.18. The number of nitrogens with one attached hydrogen (secondary N) is 3. The minimum absolute atomic E-state index is 0.0148. The van der Waals surface area contributed by atoms with Crippen LogP contribution in [0, 0.1) is 11.8 Å². The Morgan fingerprint density at radius 1 is 1.04 bits per heavy atom. The number of fused-ring (bicyclic) bond motifs is 1. The van der Waals surface area contributed by atoms with Crippen molar-refractivity contribution in [1.82, 2.24) is 21.1 Å². The highest BCUT2D eigenvalue weighted by atomic mass is 35.5. The Morgan fingerprint density at radius 2 is 1.77 bits per heavy atom. The molecule has 3 aliphatic rings. The Bertz CT molecular complexity index is 673. The van der Waals surface area contributed by atoms with Crippen molar-refractivity contribution < 1.29 is 9.59 Å². The molecule has 140 valence electrons. The molecule has 4 rings (SSSR count). The number of rotatable bonds is 3. The molecule has 26 heavy (non-hydrogen) atoms. The van der Waals surface area contributed by atoms with Crippen molar-refractivity contribution in [2.24, 2.45) is 11.8 Å². The van der Waals surface area contributed by atoms with Gasteiger partial charge in [0, 0.05) is 48.1 Å². The highest BCUT2D eigenvalue weighted by molar-refractivity contribution is 6.30. The smallest absolute Gasteiger partial charge is 0.241 e. The molecule has 3 atom stereocenters. The van der Waals surface area contributed by atoms with Crippen LogP contribution >= 0.6 is 11.6 Å². The van der Waals surface area contributed by atoms with Crippen molar-refractivity contribution in [2.45, 2.75) is 31.3 Å². The number of hydrazine groups is 1. The second kappa shape index (κ2) is 7.64. The molecule has 3 saturated heterocycles. The van der Waals surface area contributed by atoms with Crippen molar-refractivity contribution in [3.63, 3.8) is 0 Å². The Labute approximate surface area is 158 Å². The summed E-state index contributed by atoms with van der Waals surface area (Å²) >= 11 is 5.90. The molecular weight excluding hydrogens is 352 g/mol. The lowest BCUT2D eigenvalue weighted by atomic mass is 9.86. The van der Waals surface area contributed by atoms with Crippen molar-refractivity contribution in [1.29, 1.82) is 0 Å². The second-order valence-corrected chi connectivity index (χ2v) is 7.94. The molecule has 6 nitrogen and oxygen atoms in total. The summed E-state index contributed by atoms with van der Waals surface area (Å²) in [5.74, 6) is 0.598. The van der Waals surface area contributed by atoms with Gasteiger partial charge in [-0.2, -0.15) is 0 Å². The third-order valence-electron chi connectivity index (χ3n) is 5.95. The van der Waals surface area contributed by atoms with E-state index in [9.17, 15) is 9.59 Å². The Hall–Kier alpha value is -1.47. The number of piperidine rings is 2. The molecule has 3 heterocycles. The number of nitrogens with zero attached hydrogens (tertiary/aromatic N) is 1. The van der Waals surface area contributed by atoms with Crippen LogP contribution in [0.1, 0.15) is 29.6 Å². The van der Waals surface area contributed by atoms with E-state index < -0.39 is 0 Å². The number of benzene rings is 1. The van der Waals surface area contributed by atoms with Gasteiger partial charge in [0.05, 0.1) is 0 Å². The second-order valence-electron chi connectivity index (χ2n) is 7.50. The first kappa shape index (κ1) is 17.9. The average molecular weight is 377 g/mol. The summed E-state index contributed by atoms with van der Waals surface area (Å²) < 4.78 is 0. The van der Waals surface area contributed by atoms with Gasteiger partial charge in [-0.05, 0) is 50.1 Å². The van der Waals surface area contributed by atoms with Gasteiger partial charge in [-0.1, -0.05) is 11.6 Å². The van der Waals surface area contributed by atoms with E-state index >= 15 is 0 Å². The lowest BCUT2D eigenvalue weighted by molar-refractivity contribution is -0.135. The number of ketones is 1. The maximum atomic E-state index is 12.9. The molecule has 3 unspecified atom stereocenters. The fourth-order valence-corrected chi connectivity index (χ4v) is 4.50. The van der Waals surface area contributed by atoms with Crippen LogP contribution in [0.3, 0.4) is 0 Å². The van der Waals surface area contributed by atoms with Crippen molar-refractivity contribution in [3.05, 3.63) is 34.9 Å². The summed E-state index contributed by atoms with van der Waals surface area (Å²) in [7, 11) is 0. The average Bonchev–Trinajstić information content (AvgIpc) is 3.12. The van der Waals surface area contributed by atoms with Crippen LogP contribution in [0.4, 0.5) is 0 Å². The summed E-state index contributed by atoms with van der Waals surface area (Å²) in [6.45, 7) is 3.15. The number of carbonyl (C=O) groups is 2. The molecule has 0 spiro atoms. The van der Waals surface area contributed by atoms with Gasteiger partial charge in [0.1, 0.15) is 6.04 Å². The minimum Gasteiger partial charge on any atom is -0.341 e. The summed E-state index contributed by atoms with van der Waals surface area (Å²) in [4.78, 5) is 27.5. The van der Waals surface area contributed by atoms with Gasteiger partial charge in [-0.25, -0.2) is 5.43 Å². The molecule has 0 aliphatic carbocycles. The van der Waals surface area contributed by atoms with Gasteiger partial charge in [0.2, 0.25) is 5.91 Å². The summed E-state index contributed by atoms with van der Waals surface area (Å²) in [6.07, 6.45) is 2.48. The predicted octanol–water partition coefficient (Wildman–Crippen LogP) is 1.22. The summed E-state index contributed by atoms with van der Waals surface area (Å²) in [5, 5.41) is 4.02. The molecule has 7 heteroatoms. The Morgan fingerprint density at radius 3 is 2.50 bits per heavy atom. The first-order chi connectivity index (χ1) is 12.6. The molecule has 1 aromatic rings. The van der Waals surface area contributed by atoms with E-state index in [4.69, 9.17) is 11.6 Å². The number of carbonyl (C=O) groups excluding carboxylic acids is 2. The molecular formula is C19H25ClN4O2. The molecule has 0 bridgehead atoms. The third kappa shape index (κ3) is 3.51. The number of hydrogen-bond acceptors (Lipinski definition) is 5. The molecule has 3 aliphatic heterocycles. The number of amides is 1. The van der Waals surface area contributed by atoms with E-state index in [1.165, 1.54) is 0 Å². The van der Waals surface area contributed by atoms with E-state index in [1.807, 2.05) is 4.90 Å². The number of likely N-dealkylation sites (tertiary alicyclic amines) is 1. The van der Waals surface area contributed by atoms with E-state index in [0.29, 0.717) is 35.6 Å². The molecule has 1 amide bonds. The first-order valence-corrected chi connectivity index (χ1v) is 9.81. The fraction of sp³-hybridized carbons (Fsp3) is 0.579. The minimum atomic E-state index is -0.170. The van der Waals surface area contributed by atoms with Gasteiger partial charge in [0.15, 0.2) is 5.78 Å². The zero-order valence-electron chi connectivity index (χ0n) is 14.7. The molecule has 3 N–H and O–H groups in total. The van der Waals surface area contributed by atoms with Crippen LogP contribution < -0.4 is 16.2 Å². The number of halogens is 1. The predicted molar refractivity (Wildman–Crippen MR) is 99.9 cm³/mol. The van der Waals surface area contributed by atoms with Gasteiger partial charge in [0.25, 0.3) is 0 Å². The fourth-order valence-electron chi connectivity index (χ4n) is 4.37. The lowest BCUT2D eigenvalue weighted by Crippen LogP contribution is -2.52. The van der Waals surface area contributed by atoms with Crippen molar-refractivity contribution in [3.8, 4) is 0 Å². The highest BCUT2D eigenvalue weighted by Gasteiger charge is 2.43. The van der Waals surface area contributed by atoms with Gasteiger partial charge in [-0.3, -0.25) is 15.0 Å². The molecule has 1 aromatic carbocycles. The van der Waals surface area contributed by atoms with Crippen LogP contribution in [0.15, 0.2) is 24.3 Å². The van der Waals surface area contributed by atoms with Crippen molar-refractivity contribution >= 4 is 23.3 Å². The number of Topliss-reactive ketones (excluding diaryl/α,β-unsaturated/α-hetero) is 1. The monoisotopic (exact) mass is 376 g/mol. The zero-order chi connectivity index (χ0) is 18.1. The van der Waals surface area contributed by atoms with E-state index in [0.717, 1.165) is 32.4 Å². The van der Waals surface area contributed by atoms with Gasteiger partial charge < -0.3 is 10.2 Å². The van der Waals surface area contributed by atoms with E-state index in [2.05, 4.69) is 16.2 Å². The van der Waals surface area contributed by atoms with E-state index in [-0.39, 0.29) is 23.7 Å². The molecule has 0 saturated carbocycles. The topological polar surface area (TPSA) is 73.5 Å². The normalized spacial score (nSPS) is 29.4. The standard InChI is InChI=1S/C19H25ClN4O2/c20-14-3-1-12(2-4-14)18(25)13-6-9-24(10-7-13)19(26)17-15-11-21-8-5-16(15)22-23-17/h1-4,13,15-17,21-23H,5-11H2. The van der Waals surface area contributed by atoms with Crippen LogP contribution in [0.25, 0.3) is 0 Å². The summed E-state index contributed by atoms with van der Waals surface area (Å²) in [6, 6.07) is 7.27. The zero-order valence-corrected chi connectivity index (χ0v) is 15.5. The van der Waals surface area contributed by atoms with E-state index in [1.54, 1.807) is 24.3 Å². The maximum absolute atomic E-state index is 12.9. The Balaban J connectivity index is 1.34. The van der Waals surface area contributed by atoms with Crippen LogP contribution in [-0.2, 0) is 4.79 Å². The SMILES string of the molecule is O=C(c1ccc(Cl)cc1)C1CCN(C(=O)C2NNC3CCNCC32)CC1. The Kier molecular flexibility index (Phi) is 5.27. The lowest BCUT2D eigenvalue weighted by Gasteiger charge is -2.35. The molecule has 0 radical (unpaired) electrons. The number of hydrogen-bond donors (Lipinski definition) is 3. The van der Waals surface area contributed by atoms with Crippen LogP contribution in [-0.4, -0.2) is 54.9 Å². The maximum Gasteiger partial charge on any atom is 0.241 e. The third-order valence-corrected chi connectivity index (χ3v) is 6.21. The van der Waals surface area contributed by atoms with Crippen LogP contribution in [0.5, 0.6) is 0 Å². The first-order valence-electron chi connectivity index (χ1n) is 9.44. The molecule has 0 aromatic heterocycles. The highest BCUT2D eigenvalue weighted by Crippen LogP contribution is 2.26. The quantitative estimate of drug-likeness (QED) is 0.692. The van der Waals surface area contributed by atoms with Crippen LogP contribution in [0.2, 0.25) is 5.02 Å². The molecule has 3 fully saturated rings. The largest absolute Gasteiger partial charge is 0.341 e. The van der Waals surface area contributed by atoms with Gasteiger partial charge >= 0.3 is 0 Å². The van der Waals surface area contributed by atoms with Crippen molar-refractivity contribution in [2.75, 3.05) is 26.2 Å². The van der Waals surface area contributed by atoms with Gasteiger partial charge in [-0.15, -0.1) is 0 Å².